The zero-order valence-electron chi connectivity index (χ0n) is 9.41. The fourth-order valence-corrected chi connectivity index (χ4v) is 0.996. The van der Waals surface area contributed by atoms with Crippen molar-refractivity contribution in [3.8, 4) is 0 Å². The molecule has 0 aromatic carbocycles. The van der Waals surface area contributed by atoms with Crippen LogP contribution in [0.5, 0.6) is 0 Å². The van der Waals surface area contributed by atoms with Crippen molar-refractivity contribution in [2.75, 3.05) is 13.2 Å². The van der Waals surface area contributed by atoms with Crippen LogP contribution >= 0.6 is 0 Å². The predicted molar refractivity (Wildman–Crippen MR) is 54.5 cm³/mol. The molecule has 0 rings (SSSR count). The van der Waals surface area contributed by atoms with E-state index in [1.165, 1.54) is 0 Å². The summed E-state index contributed by atoms with van der Waals surface area (Å²) in [6.45, 7) is 9.58. The van der Waals surface area contributed by atoms with E-state index in [1.54, 1.807) is 6.92 Å². The Balaban J connectivity index is 0. The molecule has 82 valence electrons. The first-order chi connectivity index (χ1) is 5.83. The molecule has 1 unspecified atom stereocenters. The molecular weight excluding hydrogens is 168 g/mol. The van der Waals surface area contributed by atoms with E-state index in [4.69, 9.17) is 10.2 Å². The highest BCUT2D eigenvalue weighted by molar-refractivity contribution is 4.78. The first-order valence-electron chi connectivity index (χ1n) is 4.73. The van der Waals surface area contributed by atoms with Crippen LogP contribution in [-0.4, -0.2) is 34.6 Å². The second kappa shape index (κ2) is 7.30. The summed E-state index contributed by atoms with van der Waals surface area (Å²) in [6.07, 6.45) is -0.419. The SMILES string of the molecule is CC(C)C(O)C(C)(C)CO.CCO. The van der Waals surface area contributed by atoms with E-state index in [2.05, 4.69) is 0 Å². The topological polar surface area (TPSA) is 60.7 Å². The van der Waals surface area contributed by atoms with Gasteiger partial charge in [0.05, 0.1) is 12.7 Å². The minimum atomic E-state index is -0.419. The molecule has 1 atom stereocenters. The average Bonchev–Trinajstić information content (AvgIpc) is 2.04. The maximum atomic E-state index is 9.49. The van der Waals surface area contributed by atoms with Crippen LogP contribution in [0.1, 0.15) is 34.6 Å². The predicted octanol–water partition coefficient (Wildman–Crippen LogP) is 1.02. The summed E-state index contributed by atoms with van der Waals surface area (Å²) in [4.78, 5) is 0. The van der Waals surface area contributed by atoms with E-state index in [1.807, 2.05) is 27.7 Å². The van der Waals surface area contributed by atoms with Gasteiger partial charge >= 0.3 is 0 Å². The number of aliphatic hydroxyl groups excluding tert-OH is 3. The zero-order valence-corrected chi connectivity index (χ0v) is 9.41. The Morgan fingerprint density at radius 3 is 1.54 bits per heavy atom. The molecule has 3 nitrogen and oxygen atoms in total. The van der Waals surface area contributed by atoms with Gasteiger partial charge in [0.25, 0.3) is 0 Å². The van der Waals surface area contributed by atoms with Crippen LogP contribution in [0.15, 0.2) is 0 Å². The molecule has 0 saturated carbocycles. The molecule has 0 aliphatic carbocycles. The lowest BCUT2D eigenvalue weighted by atomic mass is 9.82. The maximum absolute atomic E-state index is 9.49. The van der Waals surface area contributed by atoms with Gasteiger partial charge in [-0.25, -0.2) is 0 Å². The Morgan fingerprint density at radius 1 is 1.15 bits per heavy atom. The second-order valence-corrected chi connectivity index (χ2v) is 4.15. The lowest BCUT2D eigenvalue weighted by Crippen LogP contribution is -2.36. The fourth-order valence-electron chi connectivity index (χ4n) is 0.996. The van der Waals surface area contributed by atoms with Crippen LogP contribution in [-0.2, 0) is 0 Å². The smallest absolute Gasteiger partial charge is 0.0635 e. The van der Waals surface area contributed by atoms with Crippen molar-refractivity contribution < 1.29 is 15.3 Å². The summed E-state index contributed by atoms with van der Waals surface area (Å²) in [5.41, 5.74) is -0.367. The summed E-state index contributed by atoms with van der Waals surface area (Å²) in [5, 5.41) is 25.9. The van der Waals surface area contributed by atoms with Crippen LogP contribution in [0.25, 0.3) is 0 Å². The van der Waals surface area contributed by atoms with Gasteiger partial charge in [0, 0.05) is 12.0 Å². The van der Waals surface area contributed by atoms with Crippen LogP contribution < -0.4 is 0 Å². The first-order valence-corrected chi connectivity index (χ1v) is 4.73. The lowest BCUT2D eigenvalue weighted by molar-refractivity contribution is -0.0204. The quantitative estimate of drug-likeness (QED) is 0.625. The maximum Gasteiger partial charge on any atom is 0.0635 e. The van der Waals surface area contributed by atoms with Gasteiger partial charge in [-0.2, -0.15) is 0 Å². The molecular formula is C10H24O3. The van der Waals surface area contributed by atoms with Crippen molar-refractivity contribution in [1.82, 2.24) is 0 Å². The molecule has 0 bridgehead atoms. The average molecular weight is 192 g/mol. The van der Waals surface area contributed by atoms with Gasteiger partial charge in [0.2, 0.25) is 0 Å². The fraction of sp³-hybridized carbons (Fsp3) is 1.00. The third-order valence-corrected chi connectivity index (χ3v) is 1.84. The molecule has 3 N–H and O–H groups in total. The van der Waals surface area contributed by atoms with Gasteiger partial charge in [-0.1, -0.05) is 27.7 Å². The van der Waals surface area contributed by atoms with Crippen LogP contribution in [0.2, 0.25) is 0 Å². The highest BCUT2D eigenvalue weighted by atomic mass is 16.3. The van der Waals surface area contributed by atoms with Gasteiger partial charge in [0.15, 0.2) is 0 Å². The highest BCUT2D eigenvalue weighted by Crippen LogP contribution is 2.24. The first kappa shape index (κ1) is 15.4. The van der Waals surface area contributed by atoms with Crippen molar-refractivity contribution >= 4 is 0 Å². The van der Waals surface area contributed by atoms with Crippen molar-refractivity contribution in [2.24, 2.45) is 11.3 Å². The van der Waals surface area contributed by atoms with Gasteiger partial charge in [-0.15, -0.1) is 0 Å². The standard InChI is InChI=1S/C8H18O2.C2H6O/c1-6(2)7(10)8(3,4)5-9;1-2-3/h6-7,9-10H,5H2,1-4H3;3H,2H2,1H3. The second-order valence-electron chi connectivity index (χ2n) is 4.15. The number of rotatable bonds is 3. The minimum absolute atomic E-state index is 0.0341. The van der Waals surface area contributed by atoms with Crippen LogP contribution in [0, 0.1) is 11.3 Å². The minimum Gasteiger partial charge on any atom is -0.397 e. The van der Waals surface area contributed by atoms with E-state index in [0.717, 1.165) is 0 Å². The summed E-state index contributed by atoms with van der Waals surface area (Å²) < 4.78 is 0. The molecule has 0 saturated heterocycles. The van der Waals surface area contributed by atoms with E-state index in [0.29, 0.717) is 0 Å². The molecule has 0 aromatic rings. The number of aliphatic hydroxyl groups is 3. The molecule has 0 spiro atoms. The highest BCUT2D eigenvalue weighted by Gasteiger charge is 2.28. The number of hydrogen-bond acceptors (Lipinski definition) is 3. The van der Waals surface area contributed by atoms with E-state index >= 15 is 0 Å². The van der Waals surface area contributed by atoms with Gasteiger partial charge in [0.1, 0.15) is 0 Å². The summed E-state index contributed by atoms with van der Waals surface area (Å²) in [6, 6.07) is 0. The van der Waals surface area contributed by atoms with Crippen molar-refractivity contribution in [3.63, 3.8) is 0 Å². The van der Waals surface area contributed by atoms with Crippen molar-refractivity contribution in [2.45, 2.75) is 40.7 Å². The van der Waals surface area contributed by atoms with E-state index in [-0.39, 0.29) is 24.5 Å². The summed E-state index contributed by atoms with van der Waals surface area (Å²) in [5.74, 6) is 0.210. The third-order valence-electron chi connectivity index (χ3n) is 1.84. The molecule has 13 heavy (non-hydrogen) atoms. The normalized spacial score (nSPS) is 13.6. The Morgan fingerprint density at radius 2 is 1.46 bits per heavy atom. The Hall–Kier alpha value is -0.120. The Labute approximate surface area is 81.4 Å². The molecule has 0 aliphatic heterocycles. The molecule has 0 aromatic heterocycles. The largest absolute Gasteiger partial charge is 0.397 e. The molecule has 0 amide bonds. The van der Waals surface area contributed by atoms with Crippen LogP contribution in [0.4, 0.5) is 0 Å². The molecule has 0 aliphatic rings. The van der Waals surface area contributed by atoms with Crippen molar-refractivity contribution in [3.05, 3.63) is 0 Å². The monoisotopic (exact) mass is 192 g/mol. The van der Waals surface area contributed by atoms with Gasteiger partial charge in [-0.05, 0) is 12.8 Å². The van der Waals surface area contributed by atoms with Gasteiger partial charge < -0.3 is 15.3 Å². The Kier molecular flexibility index (Phi) is 8.62. The van der Waals surface area contributed by atoms with E-state index in [9.17, 15) is 5.11 Å². The lowest BCUT2D eigenvalue weighted by Gasteiger charge is -2.30. The summed E-state index contributed by atoms with van der Waals surface area (Å²) in [7, 11) is 0. The molecule has 0 fully saturated rings. The molecule has 0 heterocycles. The van der Waals surface area contributed by atoms with Gasteiger partial charge in [-0.3, -0.25) is 0 Å². The van der Waals surface area contributed by atoms with Crippen LogP contribution in [0.3, 0.4) is 0 Å². The van der Waals surface area contributed by atoms with Crippen molar-refractivity contribution in [1.29, 1.82) is 0 Å². The summed E-state index contributed by atoms with van der Waals surface area (Å²) >= 11 is 0. The third kappa shape index (κ3) is 6.99. The number of hydrogen-bond donors (Lipinski definition) is 3. The Bertz CT molecular complexity index is 111. The zero-order chi connectivity index (χ0) is 11.1. The molecule has 0 radical (unpaired) electrons. The van der Waals surface area contributed by atoms with E-state index < -0.39 is 6.10 Å². The molecule has 3 heteroatoms.